The number of halogens is 2. The average molecular weight is 580 g/mol. The van der Waals surface area contributed by atoms with Gasteiger partial charge in [-0.05, 0) is 73.1 Å². The fraction of sp³-hybridized carbons (Fsp3) is 0.314. The lowest BCUT2D eigenvalue weighted by Crippen LogP contribution is -2.26. The van der Waals surface area contributed by atoms with Crippen molar-refractivity contribution in [3.8, 4) is 11.5 Å². The number of para-hydroxylation sites is 1. The second-order valence-electron chi connectivity index (χ2n) is 10.4. The highest BCUT2D eigenvalue weighted by Crippen LogP contribution is 2.29. The maximum atomic E-state index is 9.87. The quantitative estimate of drug-likeness (QED) is 0.182. The van der Waals surface area contributed by atoms with Gasteiger partial charge in [0.15, 0.2) is 0 Å². The fourth-order valence-electron chi connectivity index (χ4n) is 4.20. The molecule has 0 amide bonds. The van der Waals surface area contributed by atoms with Crippen LogP contribution in [0.1, 0.15) is 31.9 Å². The van der Waals surface area contributed by atoms with E-state index in [1.54, 1.807) is 12.1 Å². The van der Waals surface area contributed by atoms with E-state index in [0.717, 1.165) is 18.6 Å². The first kappa shape index (κ1) is 31.5. The van der Waals surface area contributed by atoms with Crippen LogP contribution in [0.5, 0.6) is 11.5 Å². The van der Waals surface area contributed by atoms with Crippen molar-refractivity contribution in [1.29, 1.82) is 0 Å². The third-order valence-corrected chi connectivity index (χ3v) is 7.39. The molecule has 3 atom stereocenters. The second-order valence-corrected chi connectivity index (χ2v) is 11.2. The normalized spacial score (nSPS) is 13.1. The van der Waals surface area contributed by atoms with Crippen molar-refractivity contribution in [1.82, 2.24) is 0 Å². The zero-order valence-electron chi connectivity index (χ0n) is 23.5. The summed E-state index contributed by atoms with van der Waals surface area (Å²) in [5, 5.41) is 11.1. The molecular weight excluding hydrogens is 539 g/mol. The van der Waals surface area contributed by atoms with Crippen LogP contribution in [0.3, 0.4) is 0 Å². The van der Waals surface area contributed by atoms with Gasteiger partial charge in [-0.25, -0.2) is 0 Å². The Labute approximate surface area is 249 Å². The van der Waals surface area contributed by atoms with Gasteiger partial charge in [0.25, 0.3) is 0 Å². The topological polar surface area (TPSA) is 38.7 Å². The number of benzene rings is 4. The highest BCUT2D eigenvalue weighted by molar-refractivity contribution is 6.35. The molecule has 5 heteroatoms. The van der Waals surface area contributed by atoms with Crippen molar-refractivity contribution in [2.45, 2.75) is 39.7 Å². The molecule has 0 aliphatic heterocycles. The first-order valence-electron chi connectivity index (χ1n) is 13.8. The fourth-order valence-corrected chi connectivity index (χ4v) is 4.66. The summed E-state index contributed by atoms with van der Waals surface area (Å²) >= 11 is 12.0. The van der Waals surface area contributed by atoms with Gasteiger partial charge >= 0.3 is 0 Å². The summed E-state index contributed by atoms with van der Waals surface area (Å²) in [7, 11) is 0. The molecule has 0 heterocycles. The molecule has 0 aliphatic rings. The molecule has 0 bridgehead atoms. The Morgan fingerprint density at radius 1 is 0.625 bits per heavy atom. The van der Waals surface area contributed by atoms with Crippen molar-refractivity contribution >= 4 is 23.2 Å². The van der Waals surface area contributed by atoms with Crippen LogP contribution < -0.4 is 9.47 Å². The third-order valence-electron chi connectivity index (χ3n) is 6.86. The molecule has 0 spiro atoms. The summed E-state index contributed by atoms with van der Waals surface area (Å²) in [6, 6.07) is 35.8. The summed E-state index contributed by atoms with van der Waals surface area (Å²) < 4.78 is 11.6. The van der Waals surface area contributed by atoms with Crippen LogP contribution in [-0.2, 0) is 12.8 Å². The van der Waals surface area contributed by atoms with Crippen LogP contribution in [0.4, 0.5) is 0 Å². The van der Waals surface area contributed by atoms with Crippen molar-refractivity contribution < 1.29 is 14.6 Å². The van der Waals surface area contributed by atoms with Crippen LogP contribution in [0.2, 0.25) is 10.0 Å². The number of rotatable bonds is 12. The first-order valence-corrected chi connectivity index (χ1v) is 14.6. The standard InChI is InChI=1S/C18H20Cl2O.C17H20O2/c1-13(2)15(10-14-6-4-3-5-7-14)12-21-18-9-8-16(19)11-17(18)20;1-14(18)16(12-15-8-4-2-5-9-15)13-19-17-10-6-3-7-11-17/h3-9,11,13,15H,10,12H2,1-2H3;2-11,14,16,18H,12-13H2,1H3/t15-;14-,16+/m10/s1. The van der Waals surface area contributed by atoms with E-state index in [1.165, 1.54) is 11.1 Å². The van der Waals surface area contributed by atoms with Crippen LogP contribution in [0.25, 0.3) is 0 Å². The third kappa shape index (κ3) is 11.3. The molecule has 0 aliphatic carbocycles. The van der Waals surface area contributed by atoms with Gasteiger partial charge in [-0.15, -0.1) is 0 Å². The highest BCUT2D eigenvalue weighted by atomic mass is 35.5. The number of aliphatic hydroxyl groups is 1. The lowest BCUT2D eigenvalue weighted by molar-refractivity contribution is 0.0889. The number of aliphatic hydroxyl groups excluding tert-OH is 1. The van der Waals surface area contributed by atoms with Crippen molar-refractivity contribution in [2.75, 3.05) is 13.2 Å². The zero-order chi connectivity index (χ0) is 28.7. The Bertz CT molecular complexity index is 1230. The van der Waals surface area contributed by atoms with Gasteiger partial charge in [0, 0.05) is 10.9 Å². The average Bonchev–Trinajstić information content (AvgIpc) is 2.96. The first-order chi connectivity index (χ1) is 19.3. The zero-order valence-corrected chi connectivity index (χ0v) is 25.1. The van der Waals surface area contributed by atoms with Gasteiger partial charge in [-0.3, -0.25) is 0 Å². The molecule has 0 unspecified atom stereocenters. The Balaban J connectivity index is 0.000000222. The highest BCUT2D eigenvalue weighted by Gasteiger charge is 2.17. The van der Waals surface area contributed by atoms with E-state index in [4.69, 9.17) is 32.7 Å². The second kappa shape index (κ2) is 17.0. The summed E-state index contributed by atoms with van der Waals surface area (Å²) in [6.07, 6.45) is 1.44. The Morgan fingerprint density at radius 2 is 1.12 bits per heavy atom. The molecular formula is C35H40Cl2O3. The van der Waals surface area contributed by atoms with E-state index >= 15 is 0 Å². The molecule has 212 valence electrons. The van der Waals surface area contributed by atoms with Gasteiger partial charge in [0.2, 0.25) is 0 Å². The van der Waals surface area contributed by atoms with Gasteiger partial charge < -0.3 is 14.6 Å². The molecule has 4 aromatic carbocycles. The predicted molar refractivity (Wildman–Crippen MR) is 168 cm³/mol. The van der Waals surface area contributed by atoms with E-state index in [0.29, 0.717) is 40.8 Å². The van der Waals surface area contributed by atoms with E-state index in [1.807, 2.05) is 67.6 Å². The predicted octanol–water partition coefficient (Wildman–Crippen LogP) is 9.19. The van der Waals surface area contributed by atoms with Crippen LogP contribution in [0.15, 0.2) is 109 Å². The summed E-state index contributed by atoms with van der Waals surface area (Å²) in [5.41, 5.74) is 2.56. The largest absolute Gasteiger partial charge is 0.493 e. The molecule has 0 radical (unpaired) electrons. The summed E-state index contributed by atoms with van der Waals surface area (Å²) in [4.78, 5) is 0. The molecule has 1 N–H and O–H groups in total. The molecule has 0 saturated carbocycles. The molecule has 3 nitrogen and oxygen atoms in total. The molecule has 0 aromatic heterocycles. The number of ether oxygens (including phenoxy) is 2. The SMILES string of the molecule is CC(C)[C@@H](COc1ccc(Cl)cc1Cl)Cc1ccccc1.C[C@H](O)[C@@H](COc1ccccc1)Cc1ccccc1. The van der Waals surface area contributed by atoms with Crippen LogP contribution in [0, 0.1) is 17.8 Å². The Kier molecular flexibility index (Phi) is 13.4. The van der Waals surface area contributed by atoms with Gasteiger partial charge in [0.1, 0.15) is 11.5 Å². The summed E-state index contributed by atoms with van der Waals surface area (Å²) in [5.74, 6) is 2.62. The Morgan fingerprint density at radius 3 is 1.62 bits per heavy atom. The molecule has 4 aromatic rings. The smallest absolute Gasteiger partial charge is 0.137 e. The number of hydrogen-bond acceptors (Lipinski definition) is 3. The van der Waals surface area contributed by atoms with Crippen molar-refractivity contribution in [3.05, 3.63) is 130 Å². The molecule has 4 rings (SSSR count). The maximum absolute atomic E-state index is 9.87. The maximum Gasteiger partial charge on any atom is 0.137 e. The minimum atomic E-state index is -0.385. The number of hydrogen-bond donors (Lipinski definition) is 1. The molecule has 0 fully saturated rings. The minimum absolute atomic E-state index is 0.0996. The molecule has 0 saturated heterocycles. The van der Waals surface area contributed by atoms with Gasteiger partial charge in [-0.2, -0.15) is 0 Å². The lowest BCUT2D eigenvalue weighted by atomic mass is 9.90. The van der Waals surface area contributed by atoms with E-state index in [9.17, 15) is 5.11 Å². The molecule has 40 heavy (non-hydrogen) atoms. The van der Waals surface area contributed by atoms with Crippen LogP contribution >= 0.6 is 23.2 Å². The van der Waals surface area contributed by atoms with E-state index in [2.05, 4.69) is 50.2 Å². The Hall–Kier alpha value is -2.98. The lowest BCUT2D eigenvalue weighted by Gasteiger charge is -2.22. The minimum Gasteiger partial charge on any atom is -0.493 e. The van der Waals surface area contributed by atoms with Crippen LogP contribution in [-0.4, -0.2) is 24.4 Å². The van der Waals surface area contributed by atoms with E-state index in [-0.39, 0.29) is 12.0 Å². The monoisotopic (exact) mass is 578 g/mol. The summed E-state index contributed by atoms with van der Waals surface area (Å²) in [6.45, 7) is 7.44. The van der Waals surface area contributed by atoms with Gasteiger partial charge in [0.05, 0.1) is 24.3 Å². The van der Waals surface area contributed by atoms with Crippen molar-refractivity contribution in [2.24, 2.45) is 17.8 Å². The van der Waals surface area contributed by atoms with Crippen molar-refractivity contribution in [3.63, 3.8) is 0 Å². The van der Waals surface area contributed by atoms with Gasteiger partial charge in [-0.1, -0.05) is 116 Å². The van der Waals surface area contributed by atoms with E-state index < -0.39 is 0 Å².